The first-order chi connectivity index (χ1) is 7.16. The molecule has 0 saturated heterocycles. The molecule has 0 spiro atoms. The normalized spacial score (nSPS) is 20.5. The Morgan fingerprint density at radius 1 is 1.47 bits per heavy atom. The van der Waals surface area contributed by atoms with E-state index in [2.05, 4.69) is 48.2 Å². The highest BCUT2D eigenvalue weighted by atomic mass is 15.5. The summed E-state index contributed by atoms with van der Waals surface area (Å²) in [6.45, 7) is 5.14. The second kappa shape index (κ2) is 3.93. The largest absolute Gasteiger partial charge is 0.386 e. The van der Waals surface area contributed by atoms with Crippen molar-refractivity contribution in [1.29, 1.82) is 0 Å². The Balaban J connectivity index is 2.13. The van der Waals surface area contributed by atoms with Crippen molar-refractivity contribution in [3.63, 3.8) is 0 Å². The highest BCUT2D eigenvalue weighted by molar-refractivity contribution is 5.81. The molecule has 1 heterocycles. The maximum Gasteiger partial charge on any atom is 0.121 e. The van der Waals surface area contributed by atoms with E-state index in [4.69, 9.17) is 5.73 Å². The van der Waals surface area contributed by atoms with Crippen molar-refractivity contribution in [3.8, 4) is 0 Å². The Bertz CT molecular complexity index is 384. The van der Waals surface area contributed by atoms with Gasteiger partial charge in [0.05, 0.1) is 12.6 Å². The van der Waals surface area contributed by atoms with E-state index < -0.39 is 0 Å². The van der Waals surface area contributed by atoms with Crippen LogP contribution in [0.2, 0.25) is 0 Å². The number of rotatable bonds is 2. The summed E-state index contributed by atoms with van der Waals surface area (Å²) in [4.78, 5) is 0. The average molecular weight is 203 g/mol. The van der Waals surface area contributed by atoms with Crippen LogP contribution in [0, 0.1) is 6.92 Å². The molecule has 0 amide bonds. The molecule has 1 unspecified atom stereocenters. The van der Waals surface area contributed by atoms with Gasteiger partial charge in [-0.15, -0.1) is 0 Å². The molecule has 2 N–H and O–H groups in total. The van der Waals surface area contributed by atoms with Crippen molar-refractivity contribution in [2.24, 2.45) is 10.8 Å². The molecule has 0 radical (unpaired) electrons. The van der Waals surface area contributed by atoms with Gasteiger partial charge in [-0.3, -0.25) is 5.01 Å². The van der Waals surface area contributed by atoms with Crippen molar-refractivity contribution >= 4 is 5.84 Å². The van der Waals surface area contributed by atoms with Gasteiger partial charge in [0.1, 0.15) is 5.84 Å². The topological polar surface area (TPSA) is 41.6 Å². The molecule has 1 aromatic carbocycles. The predicted octanol–water partition coefficient (Wildman–Crippen LogP) is 1.86. The van der Waals surface area contributed by atoms with Crippen LogP contribution < -0.4 is 5.73 Å². The maximum absolute atomic E-state index is 5.72. The van der Waals surface area contributed by atoms with E-state index >= 15 is 0 Å². The minimum atomic E-state index is 0.421. The van der Waals surface area contributed by atoms with Gasteiger partial charge >= 0.3 is 0 Å². The van der Waals surface area contributed by atoms with Crippen LogP contribution in [0.1, 0.15) is 24.5 Å². The van der Waals surface area contributed by atoms with Crippen LogP contribution in [0.3, 0.4) is 0 Å². The molecule has 0 fully saturated rings. The third-order valence-corrected chi connectivity index (χ3v) is 2.86. The molecule has 1 aliphatic rings. The second-order valence-electron chi connectivity index (χ2n) is 4.17. The van der Waals surface area contributed by atoms with Crippen LogP contribution in [0.4, 0.5) is 0 Å². The molecule has 1 atom stereocenters. The number of amidine groups is 1. The van der Waals surface area contributed by atoms with Gasteiger partial charge in [-0.25, -0.2) is 0 Å². The standard InChI is InChI=1S/C12H17N3/c1-9-5-3-4-6-11(9)8-15-10(2)7-12(13)14-15/h3-6,10H,7-8H2,1-2H3,(H2,13,14). The van der Waals surface area contributed by atoms with Crippen LogP contribution in [-0.2, 0) is 6.54 Å². The van der Waals surface area contributed by atoms with E-state index in [0.29, 0.717) is 6.04 Å². The van der Waals surface area contributed by atoms with Gasteiger partial charge in [0.2, 0.25) is 0 Å². The first-order valence-electron chi connectivity index (χ1n) is 5.31. The fraction of sp³-hybridized carbons (Fsp3) is 0.417. The van der Waals surface area contributed by atoms with E-state index in [1.807, 2.05) is 0 Å². The zero-order chi connectivity index (χ0) is 10.8. The highest BCUT2D eigenvalue weighted by Crippen LogP contribution is 2.18. The number of hydrazone groups is 1. The summed E-state index contributed by atoms with van der Waals surface area (Å²) in [5, 5.41) is 6.40. The summed E-state index contributed by atoms with van der Waals surface area (Å²) in [5.41, 5.74) is 8.35. The molecule has 15 heavy (non-hydrogen) atoms. The number of hydrogen-bond acceptors (Lipinski definition) is 3. The van der Waals surface area contributed by atoms with E-state index in [-0.39, 0.29) is 0 Å². The van der Waals surface area contributed by atoms with Crippen LogP contribution in [-0.4, -0.2) is 16.9 Å². The van der Waals surface area contributed by atoms with E-state index in [1.165, 1.54) is 11.1 Å². The molecule has 3 nitrogen and oxygen atoms in total. The minimum absolute atomic E-state index is 0.421. The minimum Gasteiger partial charge on any atom is -0.386 e. The van der Waals surface area contributed by atoms with Gasteiger partial charge in [-0.1, -0.05) is 24.3 Å². The summed E-state index contributed by atoms with van der Waals surface area (Å²) < 4.78 is 0. The average Bonchev–Trinajstić information content (AvgIpc) is 2.49. The molecule has 0 aromatic heterocycles. The quantitative estimate of drug-likeness (QED) is 0.797. The third-order valence-electron chi connectivity index (χ3n) is 2.86. The lowest BCUT2D eigenvalue weighted by Gasteiger charge is -2.20. The molecule has 2 rings (SSSR count). The first kappa shape index (κ1) is 10.0. The molecular formula is C12H17N3. The Labute approximate surface area is 90.6 Å². The zero-order valence-corrected chi connectivity index (χ0v) is 9.27. The van der Waals surface area contributed by atoms with Crippen molar-refractivity contribution in [2.45, 2.75) is 32.9 Å². The van der Waals surface area contributed by atoms with Gasteiger partial charge < -0.3 is 5.73 Å². The van der Waals surface area contributed by atoms with Gasteiger partial charge in [0.15, 0.2) is 0 Å². The van der Waals surface area contributed by atoms with Crippen molar-refractivity contribution in [1.82, 2.24) is 5.01 Å². The van der Waals surface area contributed by atoms with Crippen molar-refractivity contribution in [3.05, 3.63) is 35.4 Å². The number of nitrogens with zero attached hydrogens (tertiary/aromatic N) is 2. The summed E-state index contributed by atoms with van der Waals surface area (Å²) in [7, 11) is 0. The maximum atomic E-state index is 5.72. The smallest absolute Gasteiger partial charge is 0.121 e. The second-order valence-corrected chi connectivity index (χ2v) is 4.17. The van der Waals surface area contributed by atoms with Crippen LogP contribution >= 0.6 is 0 Å². The van der Waals surface area contributed by atoms with Gasteiger partial charge in [0, 0.05) is 6.42 Å². The summed E-state index contributed by atoms with van der Waals surface area (Å²) >= 11 is 0. The van der Waals surface area contributed by atoms with Gasteiger partial charge in [0.25, 0.3) is 0 Å². The molecule has 80 valence electrons. The Kier molecular flexibility index (Phi) is 2.62. The third kappa shape index (κ3) is 2.12. The number of nitrogens with two attached hydrogens (primary N) is 1. The fourth-order valence-electron chi connectivity index (χ4n) is 1.87. The summed E-state index contributed by atoms with van der Waals surface area (Å²) in [6.07, 6.45) is 0.881. The van der Waals surface area contributed by atoms with E-state index in [0.717, 1.165) is 18.8 Å². The summed E-state index contributed by atoms with van der Waals surface area (Å²) in [5.74, 6) is 0.746. The highest BCUT2D eigenvalue weighted by Gasteiger charge is 2.20. The monoisotopic (exact) mass is 203 g/mol. The molecule has 3 heteroatoms. The molecular weight excluding hydrogens is 186 g/mol. The molecule has 1 aliphatic heterocycles. The number of aryl methyl sites for hydroxylation is 1. The van der Waals surface area contributed by atoms with E-state index in [1.54, 1.807) is 0 Å². The number of benzene rings is 1. The summed E-state index contributed by atoms with van der Waals surface area (Å²) in [6, 6.07) is 8.82. The zero-order valence-electron chi connectivity index (χ0n) is 9.27. The van der Waals surface area contributed by atoms with Gasteiger partial charge in [-0.05, 0) is 25.0 Å². The van der Waals surface area contributed by atoms with Crippen LogP contribution in [0.5, 0.6) is 0 Å². The van der Waals surface area contributed by atoms with Crippen LogP contribution in [0.25, 0.3) is 0 Å². The molecule has 0 saturated carbocycles. The predicted molar refractivity (Wildman–Crippen MR) is 62.4 cm³/mol. The Morgan fingerprint density at radius 2 is 2.20 bits per heavy atom. The molecule has 0 bridgehead atoms. The lowest BCUT2D eigenvalue weighted by Crippen LogP contribution is -2.23. The lowest BCUT2D eigenvalue weighted by molar-refractivity contribution is 0.236. The molecule has 0 aliphatic carbocycles. The first-order valence-corrected chi connectivity index (χ1v) is 5.31. The van der Waals surface area contributed by atoms with Crippen LogP contribution in [0.15, 0.2) is 29.4 Å². The van der Waals surface area contributed by atoms with E-state index in [9.17, 15) is 0 Å². The number of hydrogen-bond donors (Lipinski definition) is 1. The Morgan fingerprint density at radius 3 is 2.80 bits per heavy atom. The lowest BCUT2D eigenvalue weighted by atomic mass is 10.1. The molecule has 1 aromatic rings. The van der Waals surface area contributed by atoms with Gasteiger partial charge in [-0.2, -0.15) is 5.10 Å². The van der Waals surface area contributed by atoms with Crippen molar-refractivity contribution in [2.75, 3.05) is 0 Å². The fourth-order valence-corrected chi connectivity index (χ4v) is 1.87. The SMILES string of the molecule is Cc1ccccc1CN1N=C(N)CC1C. The van der Waals surface area contributed by atoms with Crippen molar-refractivity contribution < 1.29 is 0 Å². The Hall–Kier alpha value is -1.51.